The van der Waals surface area contributed by atoms with Crippen molar-refractivity contribution in [1.82, 2.24) is 9.78 Å². The smallest absolute Gasteiger partial charge is 0.232 e. The monoisotopic (exact) mass is 252 g/mol. The summed E-state index contributed by atoms with van der Waals surface area (Å²) in [6.07, 6.45) is 0.314. The number of rotatable bonds is 4. The minimum Gasteiger partial charge on any atom is -0.481 e. The Balaban J connectivity index is 2.94. The van der Waals surface area contributed by atoms with E-state index in [-0.39, 0.29) is 5.75 Å². The molecule has 0 aliphatic heterocycles. The van der Waals surface area contributed by atoms with E-state index in [0.717, 1.165) is 11.3 Å². The van der Waals surface area contributed by atoms with Crippen LogP contribution in [-0.2, 0) is 22.5 Å². The molecule has 0 aromatic carbocycles. The van der Waals surface area contributed by atoms with Crippen LogP contribution in [0.2, 0.25) is 0 Å². The van der Waals surface area contributed by atoms with E-state index in [4.69, 9.17) is 15.4 Å². The first-order valence-electron chi connectivity index (χ1n) is 4.34. The Bertz CT molecular complexity index is 453. The van der Waals surface area contributed by atoms with Gasteiger partial charge in [-0.3, -0.25) is 0 Å². The largest absolute Gasteiger partial charge is 0.481 e. The van der Waals surface area contributed by atoms with Crippen molar-refractivity contribution in [1.29, 1.82) is 0 Å². The van der Waals surface area contributed by atoms with Gasteiger partial charge in [-0.05, 0) is 13.3 Å². The van der Waals surface area contributed by atoms with Crippen molar-refractivity contribution in [3.05, 3.63) is 11.3 Å². The van der Waals surface area contributed by atoms with Crippen molar-refractivity contribution in [3.63, 3.8) is 0 Å². The highest BCUT2D eigenvalue weighted by Gasteiger charge is 2.16. The van der Waals surface area contributed by atoms with Crippen LogP contribution in [0.15, 0.2) is 0 Å². The third kappa shape index (κ3) is 3.10. The molecule has 0 saturated carbocycles. The maximum atomic E-state index is 10.8. The highest BCUT2D eigenvalue weighted by Crippen LogP contribution is 2.22. The number of aryl methyl sites for hydroxylation is 2. The summed E-state index contributed by atoms with van der Waals surface area (Å²) in [6, 6.07) is 0. The fourth-order valence-electron chi connectivity index (χ4n) is 1.45. The van der Waals surface area contributed by atoms with Gasteiger partial charge in [0.2, 0.25) is 14.9 Å². The van der Waals surface area contributed by atoms with Crippen molar-refractivity contribution in [2.24, 2.45) is 7.05 Å². The summed E-state index contributed by atoms with van der Waals surface area (Å²) in [5, 5.41) is 4.14. The summed E-state index contributed by atoms with van der Waals surface area (Å²) in [4.78, 5) is 0. The van der Waals surface area contributed by atoms with Crippen LogP contribution in [0.4, 0.5) is 0 Å². The number of nitrogens with zero attached hydrogens (tertiary/aromatic N) is 2. The van der Waals surface area contributed by atoms with Gasteiger partial charge >= 0.3 is 0 Å². The summed E-state index contributed by atoms with van der Waals surface area (Å²) in [5.41, 5.74) is 1.54. The molecular formula is C8H13ClN2O3S. The average Bonchev–Trinajstić information content (AvgIpc) is 2.35. The molecule has 0 radical (unpaired) electrons. The fourth-order valence-corrected chi connectivity index (χ4v) is 2.13. The number of aromatic nitrogens is 2. The van der Waals surface area contributed by atoms with E-state index in [1.807, 2.05) is 0 Å². The van der Waals surface area contributed by atoms with Crippen LogP contribution in [0, 0.1) is 6.92 Å². The third-order valence-electron chi connectivity index (χ3n) is 2.08. The Hall–Kier alpha value is -0.750. The molecule has 1 aromatic rings. The third-order valence-corrected chi connectivity index (χ3v) is 3.23. The molecule has 0 aliphatic carbocycles. The minimum absolute atomic E-state index is 0.114. The van der Waals surface area contributed by atoms with Crippen molar-refractivity contribution in [3.8, 4) is 5.88 Å². The van der Waals surface area contributed by atoms with Gasteiger partial charge in [-0.2, -0.15) is 5.10 Å². The van der Waals surface area contributed by atoms with Crippen molar-refractivity contribution in [2.45, 2.75) is 13.3 Å². The first-order chi connectivity index (χ1) is 6.85. The van der Waals surface area contributed by atoms with Gasteiger partial charge in [0.15, 0.2) is 0 Å². The van der Waals surface area contributed by atoms with Gasteiger partial charge in [0.25, 0.3) is 0 Å². The van der Waals surface area contributed by atoms with Crippen LogP contribution in [-0.4, -0.2) is 31.1 Å². The van der Waals surface area contributed by atoms with Gasteiger partial charge in [0.05, 0.1) is 18.6 Å². The summed E-state index contributed by atoms with van der Waals surface area (Å²) in [7, 11) is 4.93. The molecule has 5 nitrogen and oxygen atoms in total. The zero-order valence-electron chi connectivity index (χ0n) is 8.82. The minimum atomic E-state index is -3.48. The van der Waals surface area contributed by atoms with E-state index in [2.05, 4.69) is 5.10 Å². The van der Waals surface area contributed by atoms with Crippen LogP contribution in [0.25, 0.3) is 0 Å². The molecule has 15 heavy (non-hydrogen) atoms. The topological polar surface area (TPSA) is 61.2 Å². The first-order valence-corrected chi connectivity index (χ1v) is 6.82. The molecule has 0 N–H and O–H groups in total. The van der Waals surface area contributed by atoms with Crippen molar-refractivity contribution < 1.29 is 13.2 Å². The zero-order chi connectivity index (χ0) is 11.6. The van der Waals surface area contributed by atoms with Gasteiger partial charge < -0.3 is 4.74 Å². The lowest BCUT2D eigenvalue weighted by Gasteiger charge is -2.03. The SMILES string of the molecule is COc1c(CCS(=O)(=O)Cl)c(C)nn1C. The molecule has 0 atom stereocenters. The van der Waals surface area contributed by atoms with E-state index >= 15 is 0 Å². The number of hydrogen-bond acceptors (Lipinski definition) is 4. The molecule has 0 saturated heterocycles. The Morgan fingerprint density at radius 1 is 1.53 bits per heavy atom. The first kappa shape index (κ1) is 12.3. The normalized spacial score (nSPS) is 11.7. The lowest BCUT2D eigenvalue weighted by atomic mass is 10.2. The second-order valence-electron chi connectivity index (χ2n) is 3.19. The van der Waals surface area contributed by atoms with E-state index in [0.29, 0.717) is 12.3 Å². The Morgan fingerprint density at radius 2 is 2.13 bits per heavy atom. The van der Waals surface area contributed by atoms with E-state index in [1.54, 1.807) is 18.7 Å². The van der Waals surface area contributed by atoms with Crippen LogP contribution >= 0.6 is 10.7 Å². The molecule has 7 heteroatoms. The summed E-state index contributed by atoms with van der Waals surface area (Å²) < 4.78 is 28.3. The summed E-state index contributed by atoms with van der Waals surface area (Å²) >= 11 is 0. The molecule has 0 bridgehead atoms. The van der Waals surface area contributed by atoms with Crippen LogP contribution < -0.4 is 4.74 Å². The summed E-state index contributed by atoms with van der Waals surface area (Å²) in [6.45, 7) is 1.80. The number of halogens is 1. The second kappa shape index (κ2) is 4.40. The molecular weight excluding hydrogens is 240 g/mol. The second-order valence-corrected chi connectivity index (χ2v) is 6.09. The van der Waals surface area contributed by atoms with Crippen LogP contribution in [0.1, 0.15) is 11.3 Å². The molecule has 0 spiro atoms. The van der Waals surface area contributed by atoms with E-state index < -0.39 is 9.05 Å². The molecule has 1 aromatic heterocycles. The summed E-state index contributed by atoms with van der Waals surface area (Å²) in [5.74, 6) is 0.463. The van der Waals surface area contributed by atoms with Crippen molar-refractivity contribution >= 4 is 19.7 Å². The predicted molar refractivity (Wildman–Crippen MR) is 57.8 cm³/mol. The van der Waals surface area contributed by atoms with E-state index in [9.17, 15) is 8.42 Å². The highest BCUT2D eigenvalue weighted by atomic mass is 35.7. The molecule has 86 valence electrons. The number of hydrogen-bond donors (Lipinski definition) is 0. The van der Waals surface area contributed by atoms with Crippen molar-refractivity contribution in [2.75, 3.05) is 12.9 Å². The van der Waals surface area contributed by atoms with E-state index in [1.165, 1.54) is 7.11 Å². The molecule has 1 heterocycles. The Labute approximate surface area is 93.4 Å². The number of ether oxygens (including phenoxy) is 1. The molecule has 1 rings (SSSR count). The maximum absolute atomic E-state index is 10.8. The lowest BCUT2D eigenvalue weighted by Crippen LogP contribution is -2.03. The average molecular weight is 253 g/mol. The van der Waals surface area contributed by atoms with Gasteiger partial charge in [-0.25, -0.2) is 13.1 Å². The molecule has 0 fully saturated rings. The lowest BCUT2D eigenvalue weighted by molar-refractivity contribution is 0.369. The predicted octanol–water partition coefficient (Wildman–Crippen LogP) is 0.848. The fraction of sp³-hybridized carbons (Fsp3) is 0.625. The van der Waals surface area contributed by atoms with Crippen LogP contribution in [0.5, 0.6) is 5.88 Å². The quantitative estimate of drug-likeness (QED) is 0.746. The Morgan fingerprint density at radius 3 is 2.60 bits per heavy atom. The standard InChI is InChI=1S/C8H13ClN2O3S/c1-6-7(4-5-15(9,12)13)8(14-3)11(2)10-6/h4-5H2,1-3H3. The van der Waals surface area contributed by atoms with Gasteiger partial charge in [0, 0.05) is 23.3 Å². The zero-order valence-corrected chi connectivity index (χ0v) is 10.4. The maximum Gasteiger partial charge on any atom is 0.232 e. The Kier molecular flexibility index (Phi) is 3.62. The highest BCUT2D eigenvalue weighted by molar-refractivity contribution is 8.13. The number of methoxy groups -OCH3 is 1. The van der Waals surface area contributed by atoms with Crippen LogP contribution in [0.3, 0.4) is 0 Å². The van der Waals surface area contributed by atoms with Gasteiger partial charge in [-0.1, -0.05) is 0 Å². The van der Waals surface area contributed by atoms with Gasteiger partial charge in [-0.15, -0.1) is 0 Å². The molecule has 0 aliphatic rings. The molecule has 0 amide bonds. The van der Waals surface area contributed by atoms with Gasteiger partial charge in [0.1, 0.15) is 0 Å². The molecule has 0 unspecified atom stereocenters.